The van der Waals surface area contributed by atoms with E-state index in [1.165, 1.54) is 6.07 Å². The summed E-state index contributed by atoms with van der Waals surface area (Å²) in [5.41, 5.74) is 1.06. The molecule has 0 spiro atoms. The van der Waals surface area contributed by atoms with Crippen molar-refractivity contribution in [1.29, 1.82) is 0 Å². The van der Waals surface area contributed by atoms with Gasteiger partial charge in [-0.15, -0.1) is 0 Å². The molecule has 1 aromatic rings. The second-order valence-electron chi connectivity index (χ2n) is 2.96. The lowest BCUT2D eigenvalue weighted by Gasteiger charge is -2.12. The van der Waals surface area contributed by atoms with E-state index in [0.29, 0.717) is 5.92 Å². The average molecular weight is 219 g/mol. The van der Waals surface area contributed by atoms with Crippen LogP contribution in [-0.4, -0.2) is 5.75 Å². The zero-order valence-corrected chi connectivity index (χ0v) is 9.08. The molecule has 1 unspecified atom stereocenters. The maximum atomic E-state index is 12.8. The third kappa shape index (κ3) is 2.61. The van der Waals surface area contributed by atoms with Crippen LogP contribution < -0.4 is 0 Å². The first kappa shape index (κ1) is 10.9. The summed E-state index contributed by atoms with van der Waals surface area (Å²) in [6.45, 7) is 2.08. The van der Waals surface area contributed by atoms with Crippen LogP contribution in [-0.2, 0) is 0 Å². The van der Waals surface area contributed by atoms with Crippen molar-refractivity contribution >= 4 is 24.2 Å². The van der Waals surface area contributed by atoms with E-state index in [4.69, 9.17) is 11.6 Å². The van der Waals surface area contributed by atoms with Crippen molar-refractivity contribution in [1.82, 2.24) is 0 Å². The average Bonchev–Trinajstić information content (AvgIpc) is 2.13. The third-order valence-corrected chi connectivity index (χ3v) is 2.86. The number of benzene rings is 1. The molecule has 0 aliphatic rings. The number of rotatable bonds is 3. The second-order valence-corrected chi connectivity index (χ2v) is 3.73. The van der Waals surface area contributed by atoms with Gasteiger partial charge in [0.15, 0.2) is 0 Å². The minimum absolute atomic E-state index is 0.192. The van der Waals surface area contributed by atoms with E-state index in [2.05, 4.69) is 19.6 Å². The Morgan fingerprint density at radius 2 is 2.23 bits per heavy atom. The highest BCUT2D eigenvalue weighted by Crippen LogP contribution is 2.25. The summed E-state index contributed by atoms with van der Waals surface area (Å²) in [6, 6.07) is 4.86. The van der Waals surface area contributed by atoms with Crippen molar-refractivity contribution in [2.45, 2.75) is 19.3 Å². The summed E-state index contributed by atoms with van der Waals surface area (Å²) < 4.78 is 12.8. The summed E-state index contributed by atoms with van der Waals surface area (Å²) >= 11 is 9.90. The Labute approximate surface area is 88.5 Å². The van der Waals surface area contributed by atoms with Gasteiger partial charge in [-0.1, -0.05) is 24.6 Å². The van der Waals surface area contributed by atoms with Gasteiger partial charge in [0.05, 0.1) is 5.02 Å². The van der Waals surface area contributed by atoms with Crippen LogP contribution in [0.4, 0.5) is 4.39 Å². The number of halogens is 2. The summed E-state index contributed by atoms with van der Waals surface area (Å²) in [5.74, 6) is 0.763. The van der Waals surface area contributed by atoms with Crippen molar-refractivity contribution in [2.24, 2.45) is 0 Å². The lowest BCUT2D eigenvalue weighted by molar-refractivity contribution is 0.625. The Morgan fingerprint density at radius 1 is 1.54 bits per heavy atom. The first-order chi connectivity index (χ1) is 6.19. The Balaban J connectivity index is 2.95. The molecule has 3 heteroatoms. The molecule has 0 saturated heterocycles. The quantitative estimate of drug-likeness (QED) is 0.731. The number of thiol groups is 1. The van der Waals surface area contributed by atoms with E-state index in [1.807, 2.05) is 0 Å². The second kappa shape index (κ2) is 4.87. The summed E-state index contributed by atoms with van der Waals surface area (Å²) in [5, 5.41) is 0.192. The highest BCUT2D eigenvalue weighted by Gasteiger charge is 2.09. The van der Waals surface area contributed by atoms with Gasteiger partial charge in [-0.2, -0.15) is 12.6 Å². The zero-order chi connectivity index (χ0) is 9.84. The maximum Gasteiger partial charge on any atom is 0.141 e. The van der Waals surface area contributed by atoms with Gasteiger partial charge in [0, 0.05) is 0 Å². The van der Waals surface area contributed by atoms with E-state index in [-0.39, 0.29) is 10.8 Å². The van der Waals surface area contributed by atoms with Gasteiger partial charge in [-0.25, -0.2) is 4.39 Å². The van der Waals surface area contributed by atoms with Crippen molar-refractivity contribution in [2.75, 3.05) is 5.75 Å². The van der Waals surface area contributed by atoms with Gasteiger partial charge in [0.25, 0.3) is 0 Å². The molecule has 1 aromatic carbocycles. The molecule has 0 saturated carbocycles. The molecule has 0 heterocycles. The SMILES string of the molecule is CCC(CS)c1ccc(F)c(Cl)c1. The molecule has 0 aliphatic heterocycles. The third-order valence-electron chi connectivity index (χ3n) is 2.13. The lowest BCUT2D eigenvalue weighted by Crippen LogP contribution is -1.98. The first-order valence-electron chi connectivity index (χ1n) is 4.24. The summed E-state index contributed by atoms with van der Waals surface area (Å²) in [6.07, 6.45) is 0.992. The van der Waals surface area contributed by atoms with Crippen LogP contribution in [0.2, 0.25) is 5.02 Å². The van der Waals surface area contributed by atoms with Crippen LogP contribution in [0.25, 0.3) is 0 Å². The minimum atomic E-state index is -0.362. The molecular weight excluding hydrogens is 207 g/mol. The first-order valence-corrected chi connectivity index (χ1v) is 5.25. The fourth-order valence-corrected chi connectivity index (χ4v) is 1.89. The monoisotopic (exact) mass is 218 g/mol. The van der Waals surface area contributed by atoms with Crippen LogP contribution >= 0.6 is 24.2 Å². The van der Waals surface area contributed by atoms with Crippen LogP contribution in [0.15, 0.2) is 18.2 Å². The van der Waals surface area contributed by atoms with Crippen LogP contribution in [0.5, 0.6) is 0 Å². The van der Waals surface area contributed by atoms with Crippen molar-refractivity contribution in [3.63, 3.8) is 0 Å². The Kier molecular flexibility index (Phi) is 4.07. The molecule has 0 bridgehead atoms. The molecule has 0 radical (unpaired) electrons. The molecule has 0 nitrogen and oxygen atoms in total. The molecule has 13 heavy (non-hydrogen) atoms. The molecule has 1 atom stereocenters. The lowest BCUT2D eigenvalue weighted by atomic mass is 9.99. The van der Waals surface area contributed by atoms with Crippen molar-refractivity contribution in [3.8, 4) is 0 Å². The van der Waals surface area contributed by atoms with Gasteiger partial charge < -0.3 is 0 Å². The molecule has 0 aliphatic carbocycles. The van der Waals surface area contributed by atoms with Crippen LogP contribution in [0, 0.1) is 5.82 Å². The number of hydrogen-bond acceptors (Lipinski definition) is 1. The predicted molar refractivity (Wildman–Crippen MR) is 58.3 cm³/mol. The summed E-state index contributed by atoms with van der Waals surface area (Å²) in [4.78, 5) is 0. The van der Waals surface area contributed by atoms with E-state index in [0.717, 1.165) is 17.7 Å². The number of hydrogen-bond donors (Lipinski definition) is 1. The van der Waals surface area contributed by atoms with Gasteiger partial charge in [0.1, 0.15) is 5.82 Å². The zero-order valence-electron chi connectivity index (χ0n) is 7.43. The van der Waals surface area contributed by atoms with Crippen LogP contribution in [0.3, 0.4) is 0 Å². The largest absolute Gasteiger partial charge is 0.205 e. The van der Waals surface area contributed by atoms with E-state index >= 15 is 0 Å². The smallest absolute Gasteiger partial charge is 0.141 e. The minimum Gasteiger partial charge on any atom is -0.205 e. The predicted octanol–water partition coefficient (Wildman–Crippen LogP) is 3.90. The topological polar surface area (TPSA) is 0 Å². The molecule has 0 aromatic heterocycles. The van der Waals surface area contributed by atoms with Crippen molar-refractivity contribution in [3.05, 3.63) is 34.6 Å². The summed E-state index contributed by atoms with van der Waals surface area (Å²) in [7, 11) is 0. The molecule has 0 fully saturated rings. The standard InChI is InChI=1S/C10H12ClFS/c1-2-7(6-13)8-3-4-10(12)9(11)5-8/h3-5,7,13H,2,6H2,1H3. The van der Waals surface area contributed by atoms with E-state index < -0.39 is 0 Å². The van der Waals surface area contributed by atoms with Gasteiger partial charge in [-0.05, 0) is 35.8 Å². The normalized spacial score (nSPS) is 12.9. The van der Waals surface area contributed by atoms with Crippen molar-refractivity contribution < 1.29 is 4.39 Å². The molecular formula is C10H12ClFS. The van der Waals surface area contributed by atoms with E-state index in [1.54, 1.807) is 12.1 Å². The van der Waals surface area contributed by atoms with Crippen LogP contribution in [0.1, 0.15) is 24.8 Å². The Hall–Kier alpha value is -0.210. The molecule has 0 amide bonds. The fraction of sp³-hybridized carbons (Fsp3) is 0.400. The highest BCUT2D eigenvalue weighted by molar-refractivity contribution is 7.80. The molecule has 0 N–H and O–H groups in total. The van der Waals surface area contributed by atoms with Gasteiger partial charge >= 0.3 is 0 Å². The molecule has 1 rings (SSSR count). The van der Waals surface area contributed by atoms with E-state index in [9.17, 15) is 4.39 Å². The van der Waals surface area contributed by atoms with Gasteiger partial charge in [-0.3, -0.25) is 0 Å². The Morgan fingerprint density at radius 3 is 2.69 bits per heavy atom. The van der Waals surface area contributed by atoms with Gasteiger partial charge in [0.2, 0.25) is 0 Å². The molecule has 72 valence electrons. The fourth-order valence-electron chi connectivity index (χ4n) is 1.24. The maximum absolute atomic E-state index is 12.8. The highest BCUT2D eigenvalue weighted by atomic mass is 35.5. The Bertz CT molecular complexity index is 284.